The topological polar surface area (TPSA) is 121 Å². The molecule has 0 atom stereocenters. The highest BCUT2D eigenvalue weighted by molar-refractivity contribution is 5.93. The van der Waals surface area contributed by atoms with E-state index in [1.807, 2.05) is 25.1 Å². The fourth-order valence-electron chi connectivity index (χ4n) is 4.51. The number of H-pyrrole nitrogens is 1. The zero-order chi connectivity index (χ0) is 25.1. The van der Waals surface area contributed by atoms with Gasteiger partial charge in [-0.05, 0) is 51.8 Å². The molecule has 5 rings (SSSR count). The number of fused-ring (bicyclic) bond motifs is 1. The van der Waals surface area contributed by atoms with Gasteiger partial charge in [0.1, 0.15) is 17.3 Å². The van der Waals surface area contributed by atoms with E-state index in [1.165, 1.54) is 12.8 Å². The van der Waals surface area contributed by atoms with E-state index in [0.29, 0.717) is 24.8 Å². The molecule has 0 bridgehead atoms. The van der Waals surface area contributed by atoms with Crippen molar-refractivity contribution in [2.45, 2.75) is 31.6 Å². The van der Waals surface area contributed by atoms with Crippen molar-refractivity contribution < 1.29 is 14.3 Å². The van der Waals surface area contributed by atoms with E-state index < -0.39 is 0 Å². The normalized spacial score (nSPS) is 16.5. The molecule has 11 heteroatoms. The summed E-state index contributed by atoms with van der Waals surface area (Å²) in [7, 11) is 5.61. The Morgan fingerprint density at radius 1 is 1.22 bits per heavy atom. The highest BCUT2D eigenvalue weighted by atomic mass is 16.5. The third-order valence-corrected chi connectivity index (χ3v) is 6.79. The number of carbonyl (C=O) groups excluding carboxylic acids is 1. The van der Waals surface area contributed by atoms with Crippen molar-refractivity contribution in [1.82, 2.24) is 35.4 Å². The standard InChI is InChI=1S/C25H34N8O3/c1-32(2)13-10-27-24(34)18-14-20(29-25(28-18)36-15-16-4-5-16)33-11-7-17(8-12-33)22-21-19(35-3)6-9-26-23(21)31-30-22/h6,9,14,16-17H,4-5,7-8,10-13,15H2,1-3H3,(H,27,34)(H,26,30,31). The van der Waals surface area contributed by atoms with Gasteiger partial charge in [0.15, 0.2) is 5.65 Å². The number of likely N-dealkylation sites (N-methyl/N-ethyl adjacent to an activating group) is 1. The molecule has 2 aliphatic rings. The summed E-state index contributed by atoms with van der Waals surface area (Å²) in [5.41, 5.74) is 2.07. The molecular formula is C25H34N8O3. The molecule has 36 heavy (non-hydrogen) atoms. The average Bonchev–Trinajstić information content (AvgIpc) is 3.63. The number of nitrogens with zero attached hydrogens (tertiary/aromatic N) is 6. The van der Waals surface area contributed by atoms with Gasteiger partial charge in [0.2, 0.25) is 0 Å². The second kappa shape index (κ2) is 10.7. The number of hydrogen-bond donors (Lipinski definition) is 2. The molecule has 4 heterocycles. The predicted octanol–water partition coefficient (Wildman–Crippen LogP) is 2.22. The van der Waals surface area contributed by atoms with E-state index in [9.17, 15) is 4.79 Å². The first kappa shape index (κ1) is 24.2. The molecule has 1 aliphatic heterocycles. The maximum atomic E-state index is 12.8. The van der Waals surface area contributed by atoms with Crippen molar-refractivity contribution >= 4 is 22.8 Å². The minimum absolute atomic E-state index is 0.214. The van der Waals surface area contributed by atoms with Crippen LogP contribution in [-0.2, 0) is 0 Å². The second-order valence-corrected chi connectivity index (χ2v) is 9.81. The van der Waals surface area contributed by atoms with Crippen molar-refractivity contribution in [1.29, 1.82) is 0 Å². The molecule has 0 unspecified atom stereocenters. The Morgan fingerprint density at radius 2 is 2.03 bits per heavy atom. The van der Waals surface area contributed by atoms with Gasteiger partial charge >= 0.3 is 6.01 Å². The molecule has 1 saturated carbocycles. The van der Waals surface area contributed by atoms with E-state index in [-0.39, 0.29) is 17.8 Å². The smallest absolute Gasteiger partial charge is 0.319 e. The number of amides is 1. The molecule has 1 amide bonds. The van der Waals surface area contributed by atoms with Crippen molar-refractivity contribution in [3.63, 3.8) is 0 Å². The highest BCUT2D eigenvalue weighted by Gasteiger charge is 2.28. The Hall–Kier alpha value is -3.47. The van der Waals surface area contributed by atoms with Gasteiger partial charge in [-0.1, -0.05) is 0 Å². The zero-order valence-electron chi connectivity index (χ0n) is 21.2. The number of carbonyl (C=O) groups is 1. The van der Waals surface area contributed by atoms with Crippen molar-refractivity contribution in [2.75, 3.05) is 58.9 Å². The summed E-state index contributed by atoms with van der Waals surface area (Å²) in [6.45, 7) is 3.45. The Morgan fingerprint density at radius 3 is 2.75 bits per heavy atom. The first-order valence-corrected chi connectivity index (χ1v) is 12.6. The summed E-state index contributed by atoms with van der Waals surface area (Å²) in [6.07, 6.45) is 5.85. The fraction of sp³-hybridized carbons (Fsp3) is 0.560. The van der Waals surface area contributed by atoms with Crippen LogP contribution in [-0.4, -0.2) is 89.9 Å². The summed E-state index contributed by atoms with van der Waals surface area (Å²) in [5.74, 6) is 2.13. The van der Waals surface area contributed by atoms with Crippen molar-refractivity contribution in [3.8, 4) is 11.8 Å². The number of hydrogen-bond acceptors (Lipinski definition) is 9. The van der Waals surface area contributed by atoms with Crippen LogP contribution in [0.15, 0.2) is 18.3 Å². The molecular weight excluding hydrogens is 460 g/mol. The Kier molecular flexibility index (Phi) is 7.17. The minimum Gasteiger partial charge on any atom is -0.496 e. The van der Waals surface area contributed by atoms with Gasteiger partial charge in [-0.2, -0.15) is 15.1 Å². The SMILES string of the molecule is COc1ccnc2[nH]nc(C3CCN(c4cc(C(=O)NCCN(C)C)nc(OCC5CC5)n4)CC3)c12. The van der Waals surface area contributed by atoms with E-state index >= 15 is 0 Å². The van der Waals surface area contributed by atoms with Crippen molar-refractivity contribution in [2.24, 2.45) is 5.92 Å². The maximum absolute atomic E-state index is 12.8. The van der Waals surface area contributed by atoms with Crippen LogP contribution in [0.2, 0.25) is 0 Å². The molecule has 192 valence electrons. The monoisotopic (exact) mass is 494 g/mol. The van der Waals surface area contributed by atoms with Crippen LogP contribution < -0.4 is 19.7 Å². The molecule has 0 aromatic carbocycles. The lowest BCUT2D eigenvalue weighted by atomic mass is 9.92. The van der Waals surface area contributed by atoms with Crippen LogP contribution >= 0.6 is 0 Å². The number of aromatic amines is 1. The zero-order valence-corrected chi connectivity index (χ0v) is 21.2. The first-order chi connectivity index (χ1) is 17.5. The number of aromatic nitrogens is 5. The predicted molar refractivity (Wildman–Crippen MR) is 136 cm³/mol. The fourth-order valence-corrected chi connectivity index (χ4v) is 4.51. The summed E-state index contributed by atoms with van der Waals surface area (Å²) >= 11 is 0. The Labute approximate surface area is 210 Å². The lowest BCUT2D eigenvalue weighted by molar-refractivity contribution is 0.0944. The molecule has 0 spiro atoms. The molecule has 1 aliphatic carbocycles. The van der Waals surface area contributed by atoms with Gasteiger partial charge in [-0.3, -0.25) is 9.89 Å². The lowest BCUT2D eigenvalue weighted by Gasteiger charge is -2.32. The van der Waals surface area contributed by atoms with Crippen LogP contribution in [0.4, 0.5) is 5.82 Å². The number of methoxy groups -OCH3 is 1. The quantitative estimate of drug-likeness (QED) is 0.437. The number of ether oxygens (including phenoxy) is 2. The van der Waals surface area contributed by atoms with E-state index in [2.05, 4.69) is 35.4 Å². The second-order valence-electron chi connectivity index (χ2n) is 9.81. The van der Waals surface area contributed by atoms with Crippen molar-refractivity contribution in [3.05, 3.63) is 29.7 Å². The lowest BCUT2D eigenvalue weighted by Crippen LogP contribution is -2.35. The number of nitrogens with one attached hydrogen (secondary N) is 2. The van der Waals surface area contributed by atoms with Crippen LogP contribution in [0.1, 0.15) is 47.8 Å². The third-order valence-electron chi connectivity index (χ3n) is 6.79. The Bertz CT molecular complexity index is 1200. The molecule has 11 nitrogen and oxygen atoms in total. The maximum Gasteiger partial charge on any atom is 0.319 e. The summed E-state index contributed by atoms with van der Waals surface area (Å²) in [5, 5.41) is 11.5. The minimum atomic E-state index is -0.214. The third kappa shape index (κ3) is 5.51. The number of rotatable bonds is 10. The van der Waals surface area contributed by atoms with Gasteiger partial charge < -0.3 is 24.6 Å². The molecule has 2 fully saturated rings. The van der Waals surface area contributed by atoms with E-state index in [1.54, 1.807) is 19.4 Å². The van der Waals surface area contributed by atoms with Gasteiger partial charge in [-0.25, -0.2) is 4.98 Å². The molecule has 1 saturated heterocycles. The largest absolute Gasteiger partial charge is 0.496 e. The summed E-state index contributed by atoms with van der Waals surface area (Å²) in [6, 6.07) is 3.91. The van der Waals surface area contributed by atoms with Crippen LogP contribution in [0.25, 0.3) is 11.0 Å². The van der Waals surface area contributed by atoms with E-state index in [4.69, 9.17) is 9.47 Å². The molecule has 0 radical (unpaired) electrons. The highest BCUT2D eigenvalue weighted by Crippen LogP contribution is 2.36. The van der Waals surface area contributed by atoms with Crippen LogP contribution in [0, 0.1) is 5.92 Å². The average molecular weight is 495 g/mol. The van der Waals surface area contributed by atoms with Gasteiger partial charge in [-0.15, -0.1) is 0 Å². The number of anilines is 1. The van der Waals surface area contributed by atoms with Gasteiger partial charge in [0.05, 0.1) is 24.8 Å². The first-order valence-electron chi connectivity index (χ1n) is 12.6. The number of piperidine rings is 1. The van der Waals surface area contributed by atoms with Gasteiger partial charge in [0, 0.05) is 44.4 Å². The summed E-state index contributed by atoms with van der Waals surface area (Å²) in [4.78, 5) is 30.5. The van der Waals surface area contributed by atoms with Crippen LogP contribution in [0.3, 0.4) is 0 Å². The Balaban J connectivity index is 1.31. The van der Waals surface area contributed by atoms with E-state index in [0.717, 1.165) is 60.8 Å². The molecule has 3 aromatic heterocycles. The molecule has 3 aromatic rings. The number of pyridine rings is 1. The molecule has 2 N–H and O–H groups in total. The van der Waals surface area contributed by atoms with Crippen LogP contribution in [0.5, 0.6) is 11.8 Å². The summed E-state index contributed by atoms with van der Waals surface area (Å²) < 4.78 is 11.4. The van der Waals surface area contributed by atoms with Gasteiger partial charge in [0.25, 0.3) is 5.91 Å².